The van der Waals surface area contributed by atoms with E-state index in [0.717, 1.165) is 19.1 Å². The molecule has 104 valence electrons. The van der Waals surface area contributed by atoms with Crippen LogP contribution in [0.1, 0.15) is 36.8 Å². The van der Waals surface area contributed by atoms with Gasteiger partial charge in [0, 0.05) is 6.26 Å². The number of carboxylic acids is 1. The van der Waals surface area contributed by atoms with E-state index < -0.39 is 21.2 Å². The van der Waals surface area contributed by atoms with Crippen LogP contribution >= 0.6 is 0 Å². The van der Waals surface area contributed by atoms with Crippen LogP contribution in [0.5, 0.6) is 0 Å². The van der Waals surface area contributed by atoms with Gasteiger partial charge in [-0.3, -0.25) is 4.79 Å². The van der Waals surface area contributed by atoms with Gasteiger partial charge in [-0.2, -0.15) is 0 Å². The first kappa shape index (κ1) is 14.1. The Kier molecular flexibility index (Phi) is 3.43. The number of aryl methyl sites for hydroxylation is 1. The summed E-state index contributed by atoms with van der Waals surface area (Å²) in [6.07, 6.45) is 4.05. The van der Waals surface area contributed by atoms with Crippen molar-refractivity contribution in [3.05, 3.63) is 29.3 Å². The zero-order valence-corrected chi connectivity index (χ0v) is 12.0. The lowest BCUT2D eigenvalue weighted by Gasteiger charge is -2.25. The Morgan fingerprint density at radius 2 is 1.84 bits per heavy atom. The molecule has 19 heavy (non-hydrogen) atoms. The van der Waals surface area contributed by atoms with Gasteiger partial charge in [0.05, 0.1) is 10.3 Å². The molecule has 0 spiro atoms. The van der Waals surface area contributed by atoms with Crippen LogP contribution in [0.25, 0.3) is 0 Å². The summed E-state index contributed by atoms with van der Waals surface area (Å²) in [6.45, 7) is 1.72. The van der Waals surface area contributed by atoms with Crippen molar-refractivity contribution in [3.63, 3.8) is 0 Å². The maximum Gasteiger partial charge on any atom is 0.314 e. The molecule has 1 saturated carbocycles. The predicted octanol–water partition coefficient (Wildman–Crippen LogP) is 2.29. The number of hydrogen-bond acceptors (Lipinski definition) is 3. The number of benzene rings is 1. The third kappa shape index (κ3) is 2.39. The van der Waals surface area contributed by atoms with Gasteiger partial charge < -0.3 is 5.11 Å². The monoisotopic (exact) mass is 282 g/mol. The van der Waals surface area contributed by atoms with E-state index in [1.807, 2.05) is 0 Å². The lowest BCUT2D eigenvalue weighted by molar-refractivity contribution is -0.143. The van der Waals surface area contributed by atoms with Crippen molar-refractivity contribution in [2.75, 3.05) is 6.26 Å². The van der Waals surface area contributed by atoms with E-state index in [-0.39, 0.29) is 4.90 Å². The smallest absolute Gasteiger partial charge is 0.314 e. The number of hydrogen-bond donors (Lipinski definition) is 1. The molecule has 0 radical (unpaired) electrons. The van der Waals surface area contributed by atoms with E-state index in [0.29, 0.717) is 24.0 Å². The van der Waals surface area contributed by atoms with Crippen molar-refractivity contribution >= 4 is 15.8 Å². The van der Waals surface area contributed by atoms with Gasteiger partial charge in [-0.15, -0.1) is 0 Å². The fraction of sp³-hybridized carbons (Fsp3) is 0.500. The second-order valence-electron chi connectivity index (χ2n) is 5.35. The van der Waals surface area contributed by atoms with Crippen molar-refractivity contribution in [2.24, 2.45) is 0 Å². The molecule has 1 aromatic carbocycles. The van der Waals surface area contributed by atoms with Crippen LogP contribution in [0, 0.1) is 6.92 Å². The van der Waals surface area contributed by atoms with Crippen LogP contribution in [0.3, 0.4) is 0 Å². The summed E-state index contributed by atoms with van der Waals surface area (Å²) < 4.78 is 23.5. The molecule has 1 N–H and O–H groups in total. The Morgan fingerprint density at radius 3 is 2.32 bits per heavy atom. The van der Waals surface area contributed by atoms with E-state index in [4.69, 9.17) is 0 Å². The zero-order valence-electron chi connectivity index (χ0n) is 11.1. The Bertz CT molecular complexity index is 610. The van der Waals surface area contributed by atoms with Gasteiger partial charge in [0.1, 0.15) is 0 Å². The Hall–Kier alpha value is -1.36. The number of carboxylic acid groups (broad SMARTS) is 1. The topological polar surface area (TPSA) is 71.4 Å². The molecule has 0 amide bonds. The molecular weight excluding hydrogens is 264 g/mol. The number of aliphatic carboxylic acids is 1. The second-order valence-corrected chi connectivity index (χ2v) is 7.33. The molecule has 0 bridgehead atoms. The summed E-state index contributed by atoms with van der Waals surface area (Å²) in [5.41, 5.74) is 0.362. The van der Waals surface area contributed by atoms with Gasteiger partial charge in [-0.25, -0.2) is 8.42 Å². The highest BCUT2D eigenvalue weighted by atomic mass is 32.2. The van der Waals surface area contributed by atoms with E-state index in [2.05, 4.69) is 0 Å². The van der Waals surface area contributed by atoms with E-state index >= 15 is 0 Å². The summed E-state index contributed by atoms with van der Waals surface area (Å²) in [5.74, 6) is -0.853. The molecule has 0 unspecified atom stereocenters. The third-order valence-corrected chi connectivity index (χ3v) is 5.25. The molecule has 0 saturated heterocycles. The molecule has 5 heteroatoms. The first-order chi connectivity index (χ1) is 8.77. The maximum absolute atomic E-state index is 11.7. The first-order valence-corrected chi connectivity index (χ1v) is 8.21. The number of sulfone groups is 1. The quantitative estimate of drug-likeness (QED) is 0.923. The van der Waals surface area contributed by atoms with E-state index in [9.17, 15) is 18.3 Å². The Balaban J connectivity index is 2.61. The molecular formula is C14H18O4S. The lowest BCUT2D eigenvalue weighted by Crippen LogP contribution is -2.32. The largest absolute Gasteiger partial charge is 0.481 e. The summed E-state index contributed by atoms with van der Waals surface area (Å²) in [6, 6.07) is 5.00. The fourth-order valence-corrected chi connectivity index (χ4v) is 3.90. The van der Waals surface area contributed by atoms with Crippen LogP contribution in [-0.2, 0) is 20.0 Å². The van der Waals surface area contributed by atoms with Gasteiger partial charge in [0.2, 0.25) is 0 Å². The van der Waals surface area contributed by atoms with Gasteiger partial charge in [0.25, 0.3) is 0 Å². The van der Waals surface area contributed by atoms with Gasteiger partial charge >= 0.3 is 5.97 Å². The predicted molar refractivity (Wildman–Crippen MR) is 72.1 cm³/mol. The number of carbonyl (C=O) groups is 1. The van der Waals surface area contributed by atoms with Gasteiger partial charge in [-0.1, -0.05) is 25.0 Å². The highest BCUT2D eigenvalue weighted by Gasteiger charge is 2.43. The molecule has 0 heterocycles. The molecule has 4 nitrogen and oxygen atoms in total. The van der Waals surface area contributed by atoms with Crippen LogP contribution in [0.4, 0.5) is 0 Å². The average molecular weight is 282 g/mol. The molecule has 0 atom stereocenters. The van der Waals surface area contributed by atoms with Crippen molar-refractivity contribution in [3.8, 4) is 0 Å². The minimum Gasteiger partial charge on any atom is -0.481 e. The summed E-state index contributed by atoms with van der Waals surface area (Å²) in [5, 5.41) is 9.53. The number of rotatable bonds is 3. The van der Waals surface area contributed by atoms with Crippen molar-refractivity contribution < 1.29 is 18.3 Å². The lowest BCUT2D eigenvalue weighted by atomic mass is 9.79. The van der Waals surface area contributed by atoms with Crippen molar-refractivity contribution in [1.82, 2.24) is 0 Å². The highest BCUT2D eigenvalue weighted by Crippen LogP contribution is 2.42. The molecule has 1 aliphatic rings. The molecule has 0 aromatic heterocycles. The van der Waals surface area contributed by atoms with Crippen LogP contribution < -0.4 is 0 Å². The van der Waals surface area contributed by atoms with Crippen LogP contribution in [0.2, 0.25) is 0 Å². The molecule has 1 aliphatic carbocycles. The fourth-order valence-electron chi connectivity index (χ4n) is 2.90. The van der Waals surface area contributed by atoms with Gasteiger partial charge in [0.15, 0.2) is 9.84 Å². The normalized spacial score (nSPS) is 18.4. The minimum atomic E-state index is -3.33. The Morgan fingerprint density at radius 1 is 1.26 bits per heavy atom. The van der Waals surface area contributed by atoms with Crippen LogP contribution in [0.15, 0.2) is 23.1 Å². The van der Waals surface area contributed by atoms with E-state index in [1.54, 1.807) is 25.1 Å². The summed E-state index contributed by atoms with van der Waals surface area (Å²) in [4.78, 5) is 11.9. The van der Waals surface area contributed by atoms with Gasteiger partial charge in [-0.05, 0) is 37.0 Å². The minimum absolute atomic E-state index is 0.234. The van der Waals surface area contributed by atoms with E-state index in [1.165, 1.54) is 0 Å². The average Bonchev–Trinajstić information content (AvgIpc) is 2.78. The molecule has 0 aliphatic heterocycles. The molecule has 2 rings (SSSR count). The summed E-state index contributed by atoms with van der Waals surface area (Å²) in [7, 11) is -3.33. The highest BCUT2D eigenvalue weighted by molar-refractivity contribution is 7.90. The second kappa shape index (κ2) is 4.63. The van der Waals surface area contributed by atoms with Crippen molar-refractivity contribution in [1.29, 1.82) is 0 Å². The van der Waals surface area contributed by atoms with Crippen LogP contribution in [-0.4, -0.2) is 25.7 Å². The Labute approximate surface area is 113 Å². The maximum atomic E-state index is 11.7. The zero-order chi connectivity index (χ0) is 14.3. The molecule has 1 aromatic rings. The standard InChI is InChI=1S/C14H18O4S/c1-10-5-6-11(9-12(10)19(2,17)18)14(13(15)16)7-3-4-8-14/h5-6,9H,3-4,7-8H2,1-2H3,(H,15,16). The third-order valence-electron chi connectivity index (χ3n) is 4.01. The molecule has 1 fully saturated rings. The SMILES string of the molecule is Cc1ccc(C2(C(=O)O)CCCC2)cc1S(C)(=O)=O. The first-order valence-electron chi connectivity index (χ1n) is 6.32. The van der Waals surface area contributed by atoms with Crippen molar-refractivity contribution in [2.45, 2.75) is 42.9 Å². The summed E-state index contributed by atoms with van der Waals surface area (Å²) >= 11 is 0.